The number of halogens is 3. The maximum atomic E-state index is 13.3. The van der Waals surface area contributed by atoms with E-state index in [0.29, 0.717) is 5.69 Å². The fraction of sp³-hybridized carbons (Fsp3) is 0.211. The lowest BCUT2D eigenvalue weighted by atomic mass is 10.2. The van der Waals surface area contributed by atoms with Crippen molar-refractivity contribution in [3.05, 3.63) is 65.5 Å². The molecule has 0 atom stereocenters. The summed E-state index contributed by atoms with van der Waals surface area (Å²) in [5.74, 6) is -1.57. The molecule has 0 saturated carbocycles. The second-order valence-electron chi connectivity index (χ2n) is 6.13. The third kappa shape index (κ3) is 4.53. The minimum atomic E-state index is -4.67. The number of nitrogens with zero attached hydrogens (tertiary/aromatic N) is 3. The maximum Gasteiger partial charge on any atom is 0.452 e. The van der Waals surface area contributed by atoms with Crippen LogP contribution in [0.2, 0.25) is 0 Å². The standard InChI is InChI=1S/C19H17F3N4OS/c1-12-7-9-14(10-8-12)26-17(19(20,21)22)24-25-18(26)28-11-16(27)23-15-6-4-3-5-13(15)2/h3-10H,11H2,1-2H3,(H,23,27). The van der Waals surface area contributed by atoms with E-state index in [1.54, 1.807) is 36.4 Å². The highest BCUT2D eigenvalue weighted by Gasteiger charge is 2.39. The number of carbonyl (C=O) groups is 1. The number of alkyl halides is 3. The molecule has 0 unspecified atom stereocenters. The minimum absolute atomic E-state index is 0.00360. The van der Waals surface area contributed by atoms with Crippen molar-refractivity contribution in [1.29, 1.82) is 0 Å². The van der Waals surface area contributed by atoms with Crippen LogP contribution in [0.4, 0.5) is 18.9 Å². The number of aryl methyl sites for hydroxylation is 2. The van der Waals surface area contributed by atoms with Gasteiger partial charge in [0.1, 0.15) is 0 Å². The third-order valence-electron chi connectivity index (χ3n) is 3.93. The summed E-state index contributed by atoms with van der Waals surface area (Å²) in [5.41, 5.74) is 2.74. The SMILES string of the molecule is Cc1ccc(-n2c(SCC(=O)Nc3ccccc3C)nnc2C(F)(F)F)cc1. The molecule has 1 aromatic heterocycles. The van der Waals surface area contributed by atoms with Crippen molar-refractivity contribution < 1.29 is 18.0 Å². The number of hydrogen-bond donors (Lipinski definition) is 1. The van der Waals surface area contributed by atoms with Gasteiger partial charge in [-0.05, 0) is 37.6 Å². The number of hydrogen-bond acceptors (Lipinski definition) is 4. The largest absolute Gasteiger partial charge is 0.452 e. The van der Waals surface area contributed by atoms with Gasteiger partial charge in [-0.1, -0.05) is 47.7 Å². The van der Waals surface area contributed by atoms with Crippen molar-refractivity contribution in [2.24, 2.45) is 0 Å². The molecule has 5 nitrogen and oxygen atoms in total. The number of amides is 1. The van der Waals surface area contributed by atoms with Crippen molar-refractivity contribution in [3.63, 3.8) is 0 Å². The average Bonchev–Trinajstić information content (AvgIpc) is 3.07. The lowest BCUT2D eigenvalue weighted by Crippen LogP contribution is -2.16. The summed E-state index contributed by atoms with van der Waals surface area (Å²) in [6.45, 7) is 3.69. The minimum Gasteiger partial charge on any atom is -0.325 e. The van der Waals surface area contributed by atoms with E-state index in [-0.39, 0.29) is 22.5 Å². The van der Waals surface area contributed by atoms with Gasteiger partial charge in [0.2, 0.25) is 11.7 Å². The van der Waals surface area contributed by atoms with E-state index in [4.69, 9.17) is 0 Å². The van der Waals surface area contributed by atoms with Gasteiger partial charge in [0, 0.05) is 11.4 Å². The number of thioether (sulfide) groups is 1. The molecule has 0 radical (unpaired) electrons. The molecule has 2 aromatic carbocycles. The molecular weight excluding hydrogens is 389 g/mol. The number of para-hydroxylation sites is 1. The number of anilines is 1. The van der Waals surface area contributed by atoms with E-state index in [1.165, 1.54) is 0 Å². The Morgan fingerprint density at radius 2 is 1.75 bits per heavy atom. The number of carbonyl (C=O) groups excluding carboxylic acids is 1. The third-order valence-corrected chi connectivity index (χ3v) is 4.86. The Kier molecular flexibility index (Phi) is 5.73. The molecule has 1 N–H and O–H groups in total. The van der Waals surface area contributed by atoms with Crippen LogP contribution in [0, 0.1) is 13.8 Å². The molecule has 0 saturated heterocycles. The summed E-state index contributed by atoms with van der Waals surface area (Å²) < 4.78 is 41.0. The van der Waals surface area contributed by atoms with Crippen LogP contribution in [-0.4, -0.2) is 26.4 Å². The first-order valence-corrected chi connectivity index (χ1v) is 9.32. The van der Waals surface area contributed by atoms with E-state index < -0.39 is 12.0 Å². The van der Waals surface area contributed by atoms with Crippen LogP contribution in [0.25, 0.3) is 5.69 Å². The molecule has 0 bridgehead atoms. The molecule has 1 amide bonds. The summed E-state index contributed by atoms with van der Waals surface area (Å²) in [5, 5.41) is 9.69. The highest BCUT2D eigenvalue weighted by molar-refractivity contribution is 7.99. The highest BCUT2D eigenvalue weighted by atomic mass is 32.2. The molecule has 0 aliphatic heterocycles. The smallest absolute Gasteiger partial charge is 0.325 e. The normalized spacial score (nSPS) is 11.5. The second-order valence-corrected chi connectivity index (χ2v) is 7.07. The second kappa shape index (κ2) is 8.05. The fourth-order valence-electron chi connectivity index (χ4n) is 2.50. The van der Waals surface area contributed by atoms with Crippen LogP contribution in [0.5, 0.6) is 0 Å². The summed E-state index contributed by atoms with van der Waals surface area (Å²) in [6, 6.07) is 13.8. The Hall–Kier alpha value is -2.81. The summed E-state index contributed by atoms with van der Waals surface area (Å²) >= 11 is 0.894. The van der Waals surface area contributed by atoms with Crippen LogP contribution in [-0.2, 0) is 11.0 Å². The number of benzene rings is 2. The molecule has 146 valence electrons. The van der Waals surface area contributed by atoms with E-state index in [1.807, 2.05) is 26.0 Å². The molecular formula is C19H17F3N4OS. The van der Waals surface area contributed by atoms with Crippen molar-refractivity contribution in [2.75, 3.05) is 11.1 Å². The molecule has 0 aliphatic rings. The van der Waals surface area contributed by atoms with Crippen molar-refractivity contribution in [2.45, 2.75) is 25.2 Å². The zero-order valence-electron chi connectivity index (χ0n) is 15.1. The zero-order chi connectivity index (χ0) is 20.3. The molecule has 0 aliphatic carbocycles. The Labute approximate surface area is 164 Å². The quantitative estimate of drug-likeness (QED) is 0.628. The van der Waals surface area contributed by atoms with Crippen LogP contribution in [0.3, 0.4) is 0 Å². The van der Waals surface area contributed by atoms with Gasteiger partial charge in [0.05, 0.1) is 5.75 Å². The number of aromatic nitrogens is 3. The van der Waals surface area contributed by atoms with E-state index in [0.717, 1.165) is 27.5 Å². The molecule has 1 heterocycles. The Morgan fingerprint density at radius 1 is 1.07 bits per heavy atom. The first-order valence-electron chi connectivity index (χ1n) is 8.33. The van der Waals surface area contributed by atoms with Crippen molar-refractivity contribution in [1.82, 2.24) is 14.8 Å². The summed E-state index contributed by atoms with van der Waals surface area (Å²) in [4.78, 5) is 12.2. The van der Waals surface area contributed by atoms with Crippen LogP contribution < -0.4 is 5.32 Å². The molecule has 0 fully saturated rings. The van der Waals surface area contributed by atoms with Crippen LogP contribution >= 0.6 is 11.8 Å². The Balaban J connectivity index is 1.82. The molecule has 9 heteroatoms. The lowest BCUT2D eigenvalue weighted by Gasteiger charge is -2.12. The lowest BCUT2D eigenvalue weighted by molar-refractivity contribution is -0.146. The van der Waals surface area contributed by atoms with Gasteiger partial charge in [-0.2, -0.15) is 13.2 Å². The zero-order valence-corrected chi connectivity index (χ0v) is 15.9. The molecule has 28 heavy (non-hydrogen) atoms. The van der Waals surface area contributed by atoms with Gasteiger partial charge in [-0.3, -0.25) is 9.36 Å². The van der Waals surface area contributed by atoms with Crippen molar-refractivity contribution in [3.8, 4) is 5.69 Å². The first kappa shape index (κ1) is 19.9. The van der Waals surface area contributed by atoms with E-state index in [2.05, 4.69) is 15.5 Å². The van der Waals surface area contributed by atoms with Crippen LogP contribution in [0.15, 0.2) is 53.7 Å². The van der Waals surface area contributed by atoms with Gasteiger partial charge < -0.3 is 5.32 Å². The molecule has 3 aromatic rings. The highest BCUT2D eigenvalue weighted by Crippen LogP contribution is 2.33. The topological polar surface area (TPSA) is 59.8 Å². The average molecular weight is 406 g/mol. The van der Waals surface area contributed by atoms with Crippen LogP contribution in [0.1, 0.15) is 17.0 Å². The Morgan fingerprint density at radius 3 is 2.39 bits per heavy atom. The van der Waals surface area contributed by atoms with Gasteiger partial charge in [-0.15, -0.1) is 10.2 Å². The Bertz CT molecular complexity index is 984. The van der Waals surface area contributed by atoms with Gasteiger partial charge >= 0.3 is 6.18 Å². The van der Waals surface area contributed by atoms with E-state index >= 15 is 0 Å². The number of rotatable bonds is 5. The molecule has 0 spiro atoms. The first-order chi connectivity index (χ1) is 13.3. The number of nitrogens with one attached hydrogen (secondary N) is 1. The summed E-state index contributed by atoms with van der Waals surface area (Å²) in [7, 11) is 0. The summed E-state index contributed by atoms with van der Waals surface area (Å²) in [6.07, 6.45) is -4.67. The monoisotopic (exact) mass is 406 g/mol. The molecule has 3 rings (SSSR count). The maximum absolute atomic E-state index is 13.3. The van der Waals surface area contributed by atoms with E-state index in [9.17, 15) is 18.0 Å². The fourth-order valence-corrected chi connectivity index (χ4v) is 3.26. The van der Waals surface area contributed by atoms with Crippen molar-refractivity contribution >= 4 is 23.4 Å². The van der Waals surface area contributed by atoms with Gasteiger partial charge in [-0.25, -0.2) is 0 Å². The van der Waals surface area contributed by atoms with Gasteiger partial charge in [0.25, 0.3) is 0 Å². The predicted molar refractivity (Wildman–Crippen MR) is 102 cm³/mol. The van der Waals surface area contributed by atoms with Gasteiger partial charge in [0.15, 0.2) is 5.16 Å². The predicted octanol–water partition coefficient (Wildman–Crippen LogP) is 4.63.